The standard InChI is InChI=1S/C17H32O6/c1-2-3-4-5-6-7-8-9-17(20)23-15-14-22-13-12-21-11-10-16(18)19/h2-15H2,1H3,(H,18,19). The normalized spacial score (nSPS) is 10.7. The van der Waals surface area contributed by atoms with Gasteiger partial charge in [-0.3, -0.25) is 9.59 Å². The number of hydrogen-bond acceptors (Lipinski definition) is 5. The number of carbonyl (C=O) groups excluding carboxylic acids is 1. The summed E-state index contributed by atoms with van der Waals surface area (Å²) >= 11 is 0. The zero-order valence-corrected chi connectivity index (χ0v) is 14.4. The number of carbonyl (C=O) groups is 2. The van der Waals surface area contributed by atoms with Crippen LogP contribution in [0.3, 0.4) is 0 Å². The summed E-state index contributed by atoms with van der Waals surface area (Å²) in [4.78, 5) is 21.7. The Labute approximate surface area is 139 Å². The van der Waals surface area contributed by atoms with Crippen molar-refractivity contribution < 1.29 is 28.9 Å². The van der Waals surface area contributed by atoms with Gasteiger partial charge in [-0.25, -0.2) is 0 Å². The molecule has 0 aromatic carbocycles. The van der Waals surface area contributed by atoms with E-state index in [1.807, 2.05) is 0 Å². The summed E-state index contributed by atoms with van der Waals surface area (Å²) in [7, 11) is 0. The molecule has 0 saturated heterocycles. The molecular formula is C17H32O6. The number of ether oxygens (including phenoxy) is 3. The zero-order chi connectivity index (χ0) is 17.2. The number of esters is 1. The Morgan fingerprint density at radius 3 is 1.96 bits per heavy atom. The molecule has 0 amide bonds. The summed E-state index contributed by atoms with van der Waals surface area (Å²) in [6.07, 6.45) is 8.74. The van der Waals surface area contributed by atoms with Gasteiger partial charge >= 0.3 is 11.9 Å². The molecule has 1 N–H and O–H groups in total. The van der Waals surface area contributed by atoms with Crippen LogP contribution in [0.4, 0.5) is 0 Å². The molecule has 0 heterocycles. The highest BCUT2D eigenvalue weighted by atomic mass is 16.6. The molecule has 23 heavy (non-hydrogen) atoms. The Hall–Kier alpha value is -1.14. The van der Waals surface area contributed by atoms with Gasteiger partial charge in [-0.1, -0.05) is 45.4 Å². The first-order valence-corrected chi connectivity index (χ1v) is 8.69. The molecule has 0 fully saturated rings. The van der Waals surface area contributed by atoms with Crippen molar-refractivity contribution in [1.29, 1.82) is 0 Å². The lowest BCUT2D eigenvalue weighted by Crippen LogP contribution is -2.13. The predicted octanol–water partition coefficient (Wildman–Crippen LogP) is 3.18. The van der Waals surface area contributed by atoms with Gasteiger partial charge in [0.1, 0.15) is 6.61 Å². The van der Waals surface area contributed by atoms with Crippen molar-refractivity contribution in [1.82, 2.24) is 0 Å². The van der Waals surface area contributed by atoms with Crippen molar-refractivity contribution in [2.24, 2.45) is 0 Å². The highest BCUT2D eigenvalue weighted by Gasteiger charge is 2.02. The molecule has 0 spiro atoms. The number of carboxylic acid groups (broad SMARTS) is 1. The van der Waals surface area contributed by atoms with Crippen LogP contribution in [0, 0.1) is 0 Å². The van der Waals surface area contributed by atoms with Gasteiger partial charge in [0.15, 0.2) is 0 Å². The summed E-state index contributed by atoms with van der Waals surface area (Å²) in [6, 6.07) is 0. The molecule has 0 bridgehead atoms. The van der Waals surface area contributed by atoms with Gasteiger partial charge in [-0.05, 0) is 6.42 Å². The van der Waals surface area contributed by atoms with E-state index in [2.05, 4.69) is 6.92 Å². The highest BCUT2D eigenvalue weighted by molar-refractivity contribution is 5.69. The first-order valence-electron chi connectivity index (χ1n) is 8.69. The third kappa shape index (κ3) is 18.8. The van der Waals surface area contributed by atoms with E-state index in [0.29, 0.717) is 26.2 Å². The van der Waals surface area contributed by atoms with Crippen molar-refractivity contribution >= 4 is 11.9 Å². The van der Waals surface area contributed by atoms with E-state index < -0.39 is 5.97 Å². The molecule has 0 aromatic rings. The van der Waals surface area contributed by atoms with Crippen LogP contribution in [0.25, 0.3) is 0 Å². The SMILES string of the molecule is CCCCCCCCCC(=O)OCCOCCOCCC(=O)O. The van der Waals surface area contributed by atoms with Gasteiger partial charge in [-0.15, -0.1) is 0 Å². The smallest absolute Gasteiger partial charge is 0.305 e. The van der Waals surface area contributed by atoms with E-state index >= 15 is 0 Å². The lowest BCUT2D eigenvalue weighted by Gasteiger charge is -2.06. The lowest BCUT2D eigenvalue weighted by atomic mass is 10.1. The van der Waals surface area contributed by atoms with Crippen LogP contribution in [0.2, 0.25) is 0 Å². The van der Waals surface area contributed by atoms with Crippen molar-refractivity contribution in [3.8, 4) is 0 Å². The highest BCUT2D eigenvalue weighted by Crippen LogP contribution is 2.08. The van der Waals surface area contributed by atoms with Gasteiger partial charge < -0.3 is 19.3 Å². The fourth-order valence-corrected chi connectivity index (χ4v) is 1.99. The van der Waals surface area contributed by atoms with Crippen LogP contribution >= 0.6 is 0 Å². The van der Waals surface area contributed by atoms with Crippen LogP contribution in [0.15, 0.2) is 0 Å². The summed E-state index contributed by atoms with van der Waals surface area (Å²) in [6.45, 7) is 3.70. The summed E-state index contributed by atoms with van der Waals surface area (Å²) in [5.74, 6) is -1.04. The molecule has 0 atom stereocenters. The first-order chi connectivity index (χ1) is 11.2. The Balaban J connectivity index is 3.17. The minimum Gasteiger partial charge on any atom is -0.481 e. The maximum Gasteiger partial charge on any atom is 0.305 e. The minimum atomic E-state index is -0.876. The molecule has 0 unspecified atom stereocenters. The molecule has 0 aliphatic heterocycles. The van der Waals surface area contributed by atoms with Crippen molar-refractivity contribution in [3.05, 3.63) is 0 Å². The van der Waals surface area contributed by atoms with E-state index in [9.17, 15) is 9.59 Å². The summed E-state index contributed by atoms with van der Waals surface area (Å²) in [5.41, 5.74) is 0. The predicted molar refractivity (Wildman–Crippen MR) is 87.5 cm³/mol. The lowest BCUT2D eigenvalue weighted by molar-refractivity contribution is -0.145. The fourth-order valence-electron chi connectivity index (χ4n) is 1.99. The molecule has 6 heteroatoms. The average molecular weight is 332 g/mol. The van der Waals surface area contributed by atoms with E-state index in [1.165, 1.54) is 32.1 Å². The Bertz CT molecular complexity index is 293. The van der Waals surface area contributed by atoms with Crippen LogP contribution in [0.1, 0.15) is 64.7 Å². The van der Waals surface area contributed by atoms with Gasteiger partial charge in [0.05, 0.1) is 32.8 Å². The minimum absolute atomic E-state index is 0.00375. The molecule has 136 valence electrons. The fraction of sp³-hybridized carbons (Fsp3) is 0.882. The molecule has 0 aromatic heterocycles. The van der Waals surface area contributed by atoms with Gasteiger partial charge in [0.2, 0.25) is 0 Å². The maximum atomic E-state index is 11.5. The third-order valence-corrected chi connectivity index (χ3v) is 3.31. The van der Waals surface area contributed by atoms with Gasteiger partial charge in [0.25, 0.3) is 0 Å². The monoisotopic (exact) mass is 332 g/mol. The Kier molecular flexibility index (Phi) is 16.4. The number of carboxylic acids is 1. The van der Waals surface area contributed by atoms with E-state index in [-0.39, 0.29) is 25.6 Å². The second kappa shape index (κ2) is 17.2. The Morgan fingerprint density at radius 1 is 0.739 bits per heavy atom. The topological polar surface area (TPSA) is 82.1 Å². The van der Waals surface area contributed by atoms with Gasteiger partial charge in [0, 0.05) is 6.42 Å². The van der Waals surface area contributed by atoms with Crippen LogP contribution in [-0.2, 0) is 23.8 Å². The number of rotatable bonds is 17. The molecule has 0 aliphatic rings. The first kappa shape index (κ1) is 21.9. The molecule has 6 nitrogen and oxygen atoms in total. The van der Waals surface area contributed by atoms with Crippen LogP contribution in [0.5, 0.6) is 0 Å². The maximum absolute atomic E-state index is 11.5. The number of unbranched alkanes of at least 4 members (excludes halogenated alkanes) is 6. The molecular weight excluding hydrogens is 300 g/mol. The van der Waals surface area contributed by atoms with Crippen molar-refractivity contribution in [2.75, 3.05) is 33.0 Å². The molecule has 0 aliphatic carbocycles. The summed E-state index contributed by atoms with van der Waals surface area (Å²) < 4.78 is 15.3. The quantitative estimate of drug-likeness (QED) is 0.325. The molecule has 0 radical (unpaired) electrons. The Morgan fingerprint density at radius 2 is 1.30 bits per heavy atom. The third-order valence-electron chi connectivity index (χ3n) is 3.31. The van der Waals surface area contributed by atoms with Crippen molar-refractivity contribution in [2.45, 2.75) is 64.7 Å². The summed E-state index contributed by atoms with van der Waals surface area (Å²) in [5, 5.41) is 8.40. The molecule has 0 saturated carbocycles. The van der Waals surface area contributed by atoms with Gasteiger partial charge in [-0.2, -0.15) is 0 Å². The van der Waals surface area contributed by atoms with E-state index in [0.717, 1.165) is 12.8 Å². The van der Waals surface area contributed by atoms with E-state index in [1.54, 1.807) is 0 Å². The largest absolute Gasteiger partial charge is 0.481 e. The van der Waals surface area contributed by atoms with E-state index in [4.69, 9.17) is 19.3 Å². The van der Waals surface area contributed by atoms with Crippen LogP contribution < -0.4 is 0 Å². The van der Waals surface area contributed by atoms with Crippen LogP contribution in [-0.4, -0.2) is 50.1 Å². The number of hydrogen-bond donors (Lipinski definition) is 1. The second-order valence-electron chi connectivity index (χ2n) is 5.46. The van der Waals surface area contributed by atoms with Crippen molar-refractivity contribution in [3.63, 3.8) is 0 Å². The average Bonchev–Trinajstić information content (AvgIpc) is 2.52. The number of aliphatic carboxylic acids is 1. The molecule has 0 rings (SSSR count). The zero-order valence-electron chi connectivity index (χ0n) is 14.4. The second-order valence-corrected chi connectivity index (χ2v) is 5.46.